The largest absolute Gasteiger partial charge is 0.369 e. The van der Waals surface area contributed by atoms with Gasteiger partial charge >= 0.3 is 0 Å². The van der Waals surface area contributed by atoms with Gasteiger partial charge in [0.25, 0.3) is 5.91 Å². The molecule has 0 spiro atoms. The van der Waals surface area contributed by atoms with Crippen molar-refractivity contribution in [3.8, 4) is 0 Å². The fourth-order valence-corrected chi connectivity index (χ4v) is 3.19. The van der Waals surface area contributed by atoms with Crippen molar-refractivity contribution in [3.63, 3.8) is 0 Å². The predicted octanol–water partition coefficient (Wildman–Crippen LogP) is 2.84. The van der Waals surface area contributed by atoms with Gasteiger partial charge in [-0.1, -0.05) is 26.0 Å². The molecule has 1 aliphatic heterocycles. The van der Waals surface area contributed by atoms with Gasteiger partial charge in [-0.15, -0.1) is 0 Å². The van der Waals surface area contributed by atoms with Gasteiger partial charge < -0.3 is 14.5 Å². The monoisotopic (exact) mass is 364 g/mol. The third-order valence-electron chi connectivity index (χ3n) is 5.07. The van der Waals surface area contributed by atoms with Crippen LogP contribution < -0.4 is 0 Å². The zero-order valence-corrected chi connectivity index (χ0v) is 16.3. The standard InChI is InChI=1S/C20H29FN2O3/c1-14(2)17-13-22(19(25)20(3,4)26-5)11-10-18(24)23(17)12-15-6-8-16(21)9-7-15/h6-9,14,17H,10-13H2,1-5H3/t17-/m1/s1. The Bertz CT molecular complexity index is 643. The summed E-state index contributed by atoms with van der Waals surface area (Å²) in [6.45, 7) is 8.84. The topological polar surface area (TPSA) is 49.9 Å². The van der Waals surface area contributed by atoms with E-state index in [2.05, 4.69) is 0 Å². The van der Waals surface area contributed by atoms with Crippen molar-refractivity contribution in [1.82, 2.24) is 9.80 Å². The van der Waals surface area contributed by atoms with E-state index < -0.39 is 5.60 Å². The van der Waals surface area contributed by atoms with Crippen molar-refractivity contribution < 1.29 is 18.7 Å². The lowest BCUT2D eigenvalue weighted by atomic mass is 10.00. The molecule has 144 valence electrons. The average Bonchev–Trinajstić information content (AvgIpc) is 2.76. The minimum Gasteiger partial charge on any atom is -0.369 e. The maximum atomic E-state index is 13.2. The van der Waals surface area contributed by atoms with Gasteiger partial charge in [0, 0.05) is 33.2 Å². The van der Waals surface area contributed by atoms with E-state index in [0.29, 0.717) is 19.6 Å². The summed E-state index contributed by atoms with van der Waals surface area (Å²) in [6.07, 6.45) is 0.274. The van der Waals surface area contributed by atoms with Crippen LogP contribution in [0.3, 0.4) is 0 Å². The Morgan fingerprint density at radius 3 is 2.46 bits per heavy atom. The molecule has 1 aromatic carbocycles. The first kappa shape index (κ1) is 20.4. The van der Waals surface area contributed by atoms with Crippen LogP contribution in [0.1, 0.15) is 39.7 Å². The molecule has 1 aromatic rings. The molecule has 1 heterocycles. The quantitative estimate of drug-likeness (QED) is 0.807. The van der Waals surface area contributed by atoms with Gasteiger partial charge in [-0.3, -0.25) is 9.59 Å². The summed E-state index contributed by atoms with van der Waals surface area (Å²) in [4.78, 5) is 29.1. The van der Waals surface area contributed by atoms with E-state index in [4.69, 9.17) is 4.74 Å². The zero-order valence-electron chi connectivity index (χ0n) is 16.3. The van der Waals surface area contributed by atoms with E-state index in [1.165, 1.54) is 19.2 Å². The molecule has 2 rings (SSSR count). The molecule has 5 nitrogen and oxygen atoms in total. The molecule has 0 aromatic heterocycles. The Hall–Kier alpha value is -1.95. The van der Waals surface area contributed by atoms with Gasteiger partial charge in [0.2, 0.25) is 5.91 Å². The molecule has 0 saturated carbocycles. The van der Waals surface area contributed by atoms with Crippen LogP contribution in [0.5, 0.6) is 0 Å². The Balaban J connectivity index is 2.24. The Morgan fingerprint density at radius 1 is 1.31 bits per heavy atom. The summed E-state index contributed by atoms with van der Waals surface area (Å²) in [7, 11) is 1.52. The van der Waals surface area contributed by atoms with Crippen LogP contribution in [0.4, 0.5) is 4.39 Å². The van der Waals surface area contributed by atoms with Crippen LogP contribution in [-0.4, -0.2) is 53.5 Å². The zero-order chi connectivity index (χ0) is 19.5. The fraction of sp³-hybridized carbons (Fsp3) is 0.600. The number of carbonyl (C=O) groups excluding carboxylic acids is 2. The Labute approximate surface area is 155 Å². The predicted molar refractivity (Wildman–Crippen MR) is 97.9 cm³/mol. The molecule has 1 saturated heterocycles. The number of benzene rings is 1. The van der Waals surface area contributed by atoms with E-state index in [9.17, 15) is 14.0 Å². The highest BCUT2D eigenvalue weighted by molar-refractivity contribution is 5.86. The van der Waals surface area contributed by atoms with Crippen LogP contribution in [0.25, 0.3) is 0 Å². The van der Waals surface area contributed by atoms with Crippen LogP contribution in [0, 0.1) is 11.7 Å². The summed E-state index contributed by atoms with van der Waals surface area (Å²) in [5.74, 6) is -0.214. The third kappa shape index (κ3) is 4.61. The van der Waals surface area contributed by atoms with Gasteiger partial charge in [0.15, 0.2) is 0 Å². The van der Waals surface area contributed by atoms with E-state index in [0.717, 1.165) is 5.56 Å². The maximum absolute atomic E-state index is 13.2. The van der Waals surface area contributed by atoms with Crippen LogP contribution in [0.15, 0.2) is 24.3 Å². The van der Waals surface area contributed by atoms with Crippen molar-refractivity contribution in [3.05, 3.63) is 35.6 Å². The molecule has 0 unspecified atom stereocenters. The lowest BCUT2D eigenvalue weighted by Crippen LogP contribution is -2.51. The van der Waals surface area contributed by atoms with Gasteiger partial charge in [0.05, 0.1) is 6.04 Å². The molecule has 6 heteroatoms. The lowest BCUT2D eigenvalue weighted by molar-refractivity contribution is -0.151. The fourth-order valence-electron chi connectivity index (χ4n) is 3.19. The number of nitrogens with zero attached hydrogens (tertiary/aromatic N) is 2. The first-order valence-corrected chi connectivity index (χ1v) is 9.04. The Kier molecular flexibility index (Phi) is 6.39. The van der Waals surface area contributed by atoms with Gasteiger partial charge in [-0.25, -0.2) is 4.39 Å². The molecular formula is C20H29FN2O3. The van der Waals surface area contributed by atoms with Crippen molar-refractivity contribution in [2.75, 3.05) is 20.2 Å². The molecule has 0 radical (unpaired) electrons. The summed E-state index contributed by atoms with van der Waals surface area (Å²) >= 11 is 0. The third-order valence-corrected chi connectivity index (χ3v) is 5.07. The van der Waals surface area contributed by atoms with Crippen LogP contribution in [0.2, 0.25) is 0 Å². The number of ether oxygens (including phenoxy) is 1. The lowest BCUT2D eigenvalue weighted by Gasteiger charge is -2.36. The number of carbonyl (C=O) groups is 2. The second-order valence-electron chi connectivity index (χ2n) is 7.68. The minimum absolute atomic E-state index is 0.0125. The smallest absolute Gasteiger partial charge is 0.254 e. The second-order valence-corrected chi connectivity index (χ2v) is 7.68. The molecular weight excluding hydrogens is 335 g/mol. The first-order chi connectivity index (χ1) is 12.2. The molecule has 26 heavy (non-hydrogen) atoms. The van der Waals surface area contributed by atoms with E-state index in [-0.39, 0.29) is 36.0 Å². The van der Waals surface area contributed by atoms with E-state index >= 15 is 0 Å². The maximum Gasteiger partial charge on any atom is 0.254 e. The minimum atomic E-state index is -0.920. The first-order valence-electron chi connectivity index (χ1n) is 9.04. The molecule has 1 aliphatic rings. The van der Waals surface area contributed by atoms with Gasteiger partial charge in [-0.05, 0) is 37.5 Å². The van der Waals surface area contributed by atoms with E-state index in [1.807, 2.05) is 18.7 Å². The van der Waals surface area contributed by atoms with Crippen molar-refractivity contribution in [2.24, 2.45) is 5.92 Å². The van der Waals surface area contributed by atoms with Crippen molar-refractivity contribution in [1.29, 1.82) is 0 Å². The SMILES string of the molecule is COC(C)(C)C(=O)N1CCC(=O)N(Cc2ccc(F)cc2)[C@@H](C(C)C)C1. The Morgan fingerprint density at radius 2 is 1.92 bits per heavy atom. The molecule has 1 fully saturated rings. The number of hydrogen-bond acceptors (Lipinski definition) is 3. The summed E-state index contributed by atoms with van der Waals surface area (Å²) in [5.41, 5.74) is -0.0427. The normalized spacial score (nSPS) is 19.0. The van der Waals surface area contributed by atoms with Gasteiger partial charge in [-0.2, -0.15) is 0 Å². The molecule has 0 N–H and O–H groups in total. The summed E-state index contributed by atoms with van der Waals surface area (Å²) in [5, 5.41) is 0. The number of rotatable bonds is 5. The number of methoxy groups -OCH3 is 1. The molecule has 2 amide bonds. The van der Waals surface area contributed by atoms with Crippen molar-refractivity contribution in [2.45, 2.75) is 52.3 Å². The van der Waals surface area contributed by atoms with Crippen LogP contribution >= 0.6 is 0 Å². The highest BCUT2D eigenvalue weighted by Gasteiger charge is 2.38. The highest BCUT2D eigenvalue weighted by Crippen LogP contribution is 2.23. The number of hydrogen-bond donors (Lipinski definition) is 0. The van der Waals surface area contributed by atoms with E-state index in [1.54, 1.807) is 30.9 Å². The highest BCUT2D eigenvalue weighted by atomic mass is 19.1. The number of halogens is 1. The molecule has 0 bridgehead atoms. The average molecular weight is 364 g/mol. The molecule has 1 atom stereocenters. The van der Waals surface area contributed by atoms with Crippen LogP contribution in [-0.2, 0) is 20.9 Å². The number of amides is 2. The molecule has 0 aliphatic carbocycles. The summed E-state index contributed by atoms with van der Waals surface area (Å²) in [6, 6.07) is 6.09. The second kappa shape index (κ2) is 8.16. The van der Waals surface area contributed by atoms with Gasteiger partial charge in [0.1, 0.15) is 11.4 Å². The summed E-state index contributed by atoms with van der Waals surface area (Å²) < 4.78 is 18.5. The van der Waals surface area contributed by atoms with Crippen molar-refractivity contribution >= 4 is 11.8 Å².